The normalized spacial score (nSPS) is 18.2. The number of hydrogen-bond donors (Lipinski definition) is 1. The van der Waals surface area contributed by atoms with Crippen LogP contribution in [0.15, 0.2) is 24.3 Å². The number of aromatic nitrogens is 1. The molecule has 6 nitrogen and oxygen atoms in total. The van der Waals surface area contributed by atoms with Crippen molar-refractivity contribution in [3.8, 4) is 0 Å². The van der Waals surface area contributed by atoms with Gasteiger partial charge in [-0.15, -0.1) is 11.3 Å². The average molecular weight is 360 g/mol. The molecule has 0 spiro atoms. The van der Waals surface area contributed by atoms with Gasteiger partial charge in [-0.2, -0.15) is 0 Å². The maximum Gasteiger partial charge on any atom is 0.239 e. The summed E-state index contributed by atoms with van der Waals surface area (Å²) in [4.78, 5) is 32.2. The zero-order valence-electron chi connectivity index (χ0n) is 14.7. The lowest BCUT2D eigenvalue weighted by molar-refractivity contribution is -0.135. The third-order valence-corrected chi connectivity index (χ3v) is 5.81. The molecular formula is C18H24N4O2S. The lowest BCUT2D eigenvalue weighted by Gasteiger charge is -2.32. The predicted molar refractivity (Wildman–Crippen MR) is 99.7 cm³/mol. The van der Waals surface area contributed by atoms with Gasteiger partial charge in [-0.05, 0) is 31.5 Å². The van der Waals surface area contributed by atoms with Crippen LogP contribution in [0.2, 0.25) is 0 Å². The van der Waals surface area contributed by atoms with Crippen molar-refractivity contribution >= 4 is 33.4 Å². The molecule has 1 saturated heterocycles. The Balaban J connectivity index is 1.61. The third kappa shape index (κ3) is 4.35. The summed E-state index contributed by atoms with van der Waals surface area (Å²) in [5.41, 5.74) is 1.06. The van der Waals surface area contributed by atoms with Gasteiger partial charge in [-0.3, -0.25) is 14.5 Å². The summed E-state index contributed by atoms with van der Waals surface area (Å²) in [5, 5.41) is 3.71. The lowest BCUT2D eigenvalue weighted by Crippen LogP contribution is -2.45. The van der Waals surface area contributed by atoms with Gasteiger partial charge in [0.15, 0.2) is 0 Å². The van der Waals surface area contributed by atoms with Crippen LogP contribution in [0.1, 0.15) is 23.8 Å². The Morgan fingerprint density at radius 2 is 2.20 bits per heavy atom. The summed E-state index contributed by atoms with van der Waals surface area (Å²) >= 11 is 1.76. The molecule has 1 aliphatic heterocycles. The minimum atomic E-state index is -0.151. The minimum absolute atomic E-state index is 0.0199. The highest BCUT2D eigenvalue weighted by Gasteiger charge is 2.26. The smallest absolute Gasteiger partial charge is 0.239 e. The maximum absolute atomic E-state index is 12.3. The van der Waals surface area contributed by atoms with E-state index in [-0.39, 0.29) is 18.4 Å². The number of carbonyl (C=O) groups excluding carboxylic acids is 2. The minimum Gasteiger partial charge on any atom is -0.358 e. The number of amides is 2. The first kappa shape index (κ1) is 17.8. The molecule has 1 aromatic heterocycles. The standard InChI is InChI=1S/C18H24N4O2S/c1-19-16(23)11-21(2)17(24)12-22-9-5-6-13(10-22)18-20-14-7-3-4-8-15(14)25-18/h3-4,7-8,13H,5-6,9-12H2,1-2H3,(H,19,23)/t13-/m0/s1. The number of likely N-dealkylation sites (N-methyl/N-ethyl adjacent to an activating group) is 2. The van der Waals surface area contributed by atoms with E-state index in [1.54, 1.807) is 25.4 Å². The van der Waals surface area contributed by atoms with Crippen molar-refractivity contribution in [2.24, 2.45) is 0 Å². The van der Waals surface area contributed by atoms with Gasteiger partial charge >= 0.3 is 0 Å². The number of likely N-dealkylation sites (tertiary alicyclic amines) is 1. The number of benzene rings is 1. The topological polar surface area (TPSA) is 65.5 Å². The van der Waals surface area contributed by atoms with Gasteiger partial charge in [-0.25, -0.2) is 4.98 Å². The van der Waals surface area contributed by atoms with Crippen molar-refractivity contribution in [2.45, 2.75) is 18.8 Å². The highest BCUT2D eigenvalue weighted by molar-refractivity contribution is 7.18. The van der Waals surface area contributed by atoms with E-state index in [2.05, 4.69) is 16.3 Å². The Bertz CT molecular complexity index is 727. The summed E-state index contributed by atoms with van der Waals surface area (Å²) in [6, 6.07) is 8.21. The first-order valence-corrected chi connectivity index (χ1v) is 9.41. The molecular weight excluding hydrogens is 336 g/mol. The number of fused-ring (bicyclic) bond motifs is 1. The Morgan fingerprint density at radius 3 is 2.96 bits per heavy atom. The van der Waals surface area contributed by atoms with E-state index < -0.39 is 0 Å². The van der Waals surface area contributed by atoms with Crippen molar-refractivity contribution in [1.82, 2.24) is 20.1 Å². The molecule has 25 heavy (non-hydrogen) atoms. The van der Waals surface area contributed by atoms with Crippen LogP contribution in [0.4, 0.5) is 0 Å². The second-order valence-electron chi connectivity index (χ2n) is 6.52. The molecule has 1 N–H and O–H groups in total. The van der Waals surface area contributed by atoms with Gasteiger partial charge in [0, 0.05) is 26.6 Å². The summed E-state index contributed by atoms with van der Waals surface area (Å²) in [5.74, 6) is 0.207. The molecule has 0 saturated carbocycles. The van der Waals surface area contributed by atoms with Crippen molar-refractivity contribution in [3.05, 3.63) is 29.3 Å². The van der Waals surface area contributed by atoms with Crippen LogP contribution in [0.25, 0.3) is 10.2 Å². The second kappa shape index (κ2) is 7.93. The molecule has 7 heteroatoms. The Hall–Kier alpha value is -1.99. The summed E-state index contributed by atoms with van der Waals surface area (Å²) in [7, 11) is 3.25. The fourth-order valence-electron chi connectivity index (χ4n) is 3.16. The van der Waals surface area contributed by atoms with Crippen LogP contribution in [0, 0.1) is 0 Å². The van der Waals surface area contributed by atoms with Gasteiger partial charge < -0.3 is 10.2 Å². The van der Waals surface area contributed by atoms with Gasteiger partial charge in [0.05, 0.1) is 28.3 Å². The molecule has 0 bridgehead atoms. The van der Waals surface area contributed by atoms with Gasteiger partial charge in [0.2, 0.25) is 11.8 Å². The first-order chi connectivity index (χ1) is 12.1. The van der Waals surface area contributed by atoms with Crippen LogP contribution in [-0.4, -0.2) is 66.9 Å². The molecule has 1 atom stereocenters. The van der Waals surface area contributed by atoms with E-state index in [1.165, 1.54) is 9.60 Å². The van der Waals surface area contributed by atoms with E-state index in [1.807, 2.05) is 18.2 Å². The number of para-hydroxylation sites is 1. The van der Waals surface area contributed by atoms with E-state index in [9.17, 15) is 9.59 Å². The number of hydrogen-bond acceptors (Lipinski definition) is 5. The number of rotatable bonds is 5. The first-order valence-electron chi connectivity index (χ1n) is 8.59. The number of nitrogens with zero attached hydrogens (tertiary/aromatic N) is 3. The van der Waals surface area contributed by atoms with Crippen LogP contribution in [0.3, 0.4) is 0 Å². The molecule has 1 fully saturated rings. The van der Waals surface area contributed by atoms with Crippen molar-refractivity contribution in [3.63, 3.8) is 0 Å². The highest BCUT2D eigenvalue weighted by Crippen LogP contribution is 2.32. The largest absolute Gasteiger partial charge is 0.358 e. The molecule has 2 aromatic rings. The number of nitrogens with one attached hydrogen (secondary N) is 1. The lowest BCUT2D eigenvalue weighted by atomic mass is 9.99. The summed E-state index contributed by atoms with van der Waals surface area (Å²) in [6.45, 7) is 2.22. The highest BCUT2D eigenvalue weighted by atomic mass is 32.1. The SMILES string of the molecule is CNC(=O)CN(C)C(=O)CN1CCC[C@H](c2nc3ccccc3s2)C1. The van der Waals surface area contributed by atoms with E-state index in [4.69, 9.17) is 4.98 Å². The van der Waals surface area contributed by atoms with Crippen LogP contribution >= 0.6 is 11.3 Å². The molecule has 0 aliphatic carbocycles. The summed E-state index contributed by atoms with van der Waals surface area (Å²) < 4.78 is 1.22. The Labute approximate surface area is 151 Å². The quantitative estimate of drug-likeness (QED) is 0.881. The Morgan fingerprint density at radius 1 is 1.40 bits per heavy atom. The van der Waals surface area contributed by atoms with E-state index in [0.29, 0.717) is 12.5 Å². The van der Waals surface area contributed by atoms with Crippen LogP contribution in [0.5, 0.6) is 0 Å². The van der Waals surface area contributed by atoms with Crippen LogP contribution in [-0.2, 0) is 9.59 Å². The number of thiazole rings is 1. The van der Waals surface area contributed by atoms with E-state index >= 15 is 0 Å². The van der Waals surface area contributed by atoms with Gasteiger partial charge in [0.1, 0.15) is 0 Å². The van der Waals surface area contributed by atoms with Crippen molar-refractivity contribution < 1.29 is 9.59 Å². The predicted octanol–water partition coefficient (Wildman–Crippen LogP) is 1.68. The molecule has 2 heterocycles. The Kier molecular flexibility index (Phi) is 5.65. The third-order valence-electron chi connectivity index (χ3n) is 4.61. The van der Waals surface area contributed by atoms with Crippen LogP contribution < -0.4 is 5.32 Å². The summed E-state index contributed by atoms with van der Waals surface area (Å²) in [6.07, 6.45) is 2.17. The molecule has 1 aromatic carbocycles. The zero-order valence-corrected chi connectivity index (χ0v) is 15.5. The molecule has 3 rings (SSSR count). The molecule has 0 unspecified atom stereocenters. The second-order valence-corrected chi connectivity index (χ2v) is 7.58. The van der Waals surface area contributed by atoms with Gasteiger partial charge in [0.25, 0.3) is 0 Å². The molecule has 134 valence electrons. The molecule has 0 radical (unpaired) electrons. The number of carbonyl (C=O) groups is 2. The molecule has 2 amide bonds. The van der Waals surface area contributed by atoms with Crippen molar-refractivity contribution in [2.75, 3.05) is 40.3 Å². The maximum atomic E-state index is 12.3. The fraction of sp³-hybridized carbons (Fsp3) is 0.500. The zero-order chi connectivity index (χ0) is 17.8. The number of piperidine rings is 1. The fourth-order valence-corrected chi connectivity index (χ4v) is 4.25. The van der Waals surface area contributed by atoms with E-state index in [0.717, 1.165) is 36.5 Å². The molecule has 1 aliphatic rings. The average Bonchev–Trinajstić information content (AvgIpc) is 3.06. The monoisotopic (exact) mass is 360 g/mol. The van der Waals surface area contributed by atoms with Crippen molar-refractivity contribution in [1.29, 1.82) is 0 Å². The van der Waals surface area contributed by atoms with Gasteiger partial charge in [-0.1, -0.05) is 12.1 Å².